The fraction of sp³-hybridized carbons (Fsp3) is 0.333. The van der Waals surface area contributed by atoms with E-state index < -0.39 is 5.60 Å². The normalized spacial score (nSPS) is 18.5. The minimum absolute atomic E-state index is 0.0120. The number of aromatic amines is 1. The fourth-order valence-corrected chi connectivity index (χ4v) is 4.72. The molecule has 7 heteroatoms. The highest BCUT2D eigenvalue weighted by Crippen LogP contribution is 2.37. The van der Waals surface area contributed by atoms with Crippen LogP contribution in [-0.4, -0.2) is 63.5 Å². The van der Waals surface area contributed by atoms with E-state index >= 15 is 0 Å². The van der Waals surface area contributed by atoms with Gasteiger partial charge in [-0.05, 0) is 42.7 Å². The van der Waals surface area contributed by atoms with E-state index in [1.807, 2.05) is 30.5 Å². The number of amides is 2. The van der Waals surface area contributed by atoms with Crippen molar-refractivity contribution in [3.05, 3.63) is 48.2 Å². The van der Waals surface area contributed by atoms with Crippen LogP contribution in [0.25, 0.3) is 20.7 Å². The van der Waals surface area contributed by atoms with Gasteiger partial charge >= 0.3 is 0 Å². The Morgan fingerprint density at radius 3 is 2.32 bits per heavy atom. The molecule has 144 valence electrons. The van der Waals surface area contributed by atoms with Crippen molar-refractivity contribution in [2.45, 2.75) is 18.4 Å². The third kappa shape index (κ3) is 3.00. The van der Waals surface area contributed by atoms with Gasteiger partial charge in [0, 0.05) is 48.2 Å². The number of hydrogen-bond acceptors (Lipinski definition) is 4. The molecular weight excluding hydrogens is 374 g/mol. The Bertz CT molecular complexity index is 1010. The summed E-state index contributed by atoms with van der Waals surface area (Å²) in [6, 6.07) is 11.9. The van der Waals surface area contributed by atoms with E-state index in [0.29, 0.717) is 44.6 Å². The second-order valence-electron chi connectivity index (χ2n) is 7.57. The van der Waals surface area contributed by atoms with Gasteiger partial charge in [0.25, 0.3) is 11.8 Å². The van der Waals surface area contributed by atoms with Gasteiger partial charge in [-0.15, -0.1) is 11.3 Å². The lowest BCUT2D eigenvalue weighted by atomic mass is 10.1. The fourth-order valence-electron chi connectivity index (χ4n) is 3.69. The Hall–Kier alpha value is -2.64. The van der Waals surface area contributed by atoms with Crippen LogP contribution in [0.3, 0.4) is 0 Å². The van der Waals surface area contributed by atoms with Gasteiger partial charge in [0.2, 0.25) is 0 Å². The molecule has 2 N–H and O–H groups in total. The number of nitrogens with one attached hydrogen (secondary N) is 1. The number of nitrogens with zero attached hydrogens (tertiary/aromatic N) is 2. The molecule has 1 saturated heterocycles. The molecule has 5 rings (SSSR count). The van der Waals surface area contributed by atoms with Gasteiger partial charge in [0.15, 0.2) is 0 Å². The summed E-state index contributed by atoms with van der Waals surface area (Å²) < 4.78 is 0. The van der Waals surface area contributed by atoms with Crippen LogP contribution < -0.4 is 0 Å². The van der Waals surface area contributed by atoms with E-state index in [2.05, 4.69) is 17.1 Å². The Labute approximate surface area is 166 Å². The van der Waals surface area contributed by atoms with Crippen LogP contribution in [0.5, 0.6) is 0 Å². The lowest BCUT2D eigenvalue weighted by Crippen LogP contribution is -2.53. The number of carbonyl (C=O) groups is 2. The van der Waals surface area contributed by atoms with E-state index in [1.54, 1.807) is 21.1 Å². The largest absolute Gasteiger partial charge is 0.380 e. The summed E-state index contributed by atoms with van der Waals surface area (Å²) in [6.45, 7) is 1.95. The number of carbonyl (C=O) groups excluding carboxylic acids is 2. The van der Waals surface area contributed by atoms with Crippen LogP contribution >= 0.6 is 11.3 Å². The minimum Gasteiger partial charge on any atom is -0.380 e. The van der Waals surface area contributed by atoms with Crippen molar-refractivity contribution in [3.8, 4) is 10.4 Å². The first kappa shape index (κ1) is 17.5. The lowest BCUT2D eigenvalue weighted by Gasteiger charge is -2.35. The maximum absolute atomic E-state index is 12.8. The van der Waals surface area contributed by atoms with Crippen LogP contribution in [0.1, 0.15) is 23.2 Å². The first-order valence-electron chi connectivity index (χ1n) is 9.52. The molecule has 0 atom stereocenters. The molecule has 6 nitrogen and oxygen atoms in total. The van der Waals surface area contributed by atoms with Crippen molar-refractivity contribution < 1.29 is 14.7 Å². The second kappa shape index (κ2) is 6.46. The van der Waals surface area contributed by atoms with Crippen molar-refractivity contribution >= 4 is 33.4 Å². The number of aromatic nitrogens is 1. The summed E-state index contributed by atoms with van der Waals surface area (Å²) in [6.07, 6.45) is 3.04. The molecule has 1 aromatic carbocycles. The summed E-state index contributed by atoms with van der Waals surface area (Å²) in [7, 11) is 0. The number of fused-ring (bicyclic) bond motifs is 1. The van der Waals surface area contributed by atoms with E-state index in [0.717, 1.165) is 10.4 Å². The van der Waals surface area contributed by atoms with Crippen LogP contribution in [0.2, 0.25) is 0 Å². The molecule has 2 amide bonds. The molecule has 2 aromatic heterocycles. The molecule has 1 aliphatic heterocycles. The molecular formula is C21H21N3O3S. The van der Waals surface area contributed by atoms with Crippen molar-refractivity contribution in [3.63, 3.8) is 0 Å². The predicted molar refractivity (Wildman–Crippen MR) is 108 cm³/mol. The van der Waals surface area contributed by atoms with Gasteiger partial charge in [0.1, 0.15) is 10.4 Å². The van der Waals surface area contributed by atoms with Crippen LogP contribution in [0.15, 0.2) is 42.6 Å². The van der Waals surface area contributed by atoms with Gasteiger partial charge in [-0.2, -0.15) is 0 Å². The van der Waals surface area contributed by atoms with Crippen LogP contribution in [0, 0.1) is 0 Å². The molecule has 1 aliphatic carbocycles. The molecule has 0 radical (unpaired) electrons. The van der Waals surface area contributed by atoms with Crippen LogP contribution in [0.4, 0.5) is 0 Å². The first-order valence-corrected chi connectivity index (χ1v) is 10.3. The van der Waals surface area contributed by atoms with Gasteiger partial charge < -0.3 is 19.9 Å². The van der Waals surface area contributed by atoms with E-state index in [-0.39, 0.29) is 11.8 Å². The highest BCUT2D eigenvalue weighted by Gasteiger charge is 2.50. The zero-order chi connectivity index (χ0) is 19.3. The topological polar surface area (TPSA) is 76.6 Å². The summed E-state index contributed by atoms with van der Waals surface area (Å²) in [5.41, 5.74) is 0.626. The summed E-state index contributed by atoms with van der Waals surface area (Å²) in [4.78, 5) is 34.0. The second-order valence-corrected chi connectivity index (χ2v) is 8.62. The van der Waals surface area contributed by atoms with Crippen molar-refractivity contribution in [1.82, 2.24) is 14.8 Å². The third-order valence-corrected chi connectivity index (χ3v) is 6.76. The minimum atomic E-state index is -1.13. The third-order valence-electron chi connectivity index (χ3n) is 5.63. The Balaban J connectivity index is 1.24. The zero-order valence-electron chi connectivity index (χ0n) is 15.4. The maximum atomic E-state index is 12.8. The standard InChI is InChI=1S/C21H21N3O3S/c25-19(23-9-11-24(12-10-23)20(26)21(27)6-7-21)15-3-1-14(2-4-15)17-13-16-5-8-22-18(16)28-17/h1-5,8,13,22,27H,6-7,9-12H2. The number of thiophene rings is 1. The zero-order valence-corrected chi connectivity index (χ0v) is 16.2. The molecule has 1 saturated carbocycles. The Morgan fingerprint density at radius 1 is 1.00 bits per heavy atom. The van der Waals surface area contributed by atoms with Gasteiger partial charge in [-0.3, -0.25) is 9.59 Å². The molecule has 0 bridgehead atoms. The highest BCUT2D eigenvalue weighted by molar-refractivity contribution is 7.21. The number of piperazine rings is 1. The van der Waals surface area contributed by atoms with Crippen LogP contribution in [-0.2, 0) is 4.79 Å². The number of rotatable bonds is 3. The van der Waals surface area contributed by atoms with Crippen molar-refractivity contribution in [1.29, 1.82) is 0 Å². The average molecular weight is 395 g/mol. The SMILES string of the molecule is O=C(c1ccc(-c2cc3cc[nH]c3s2)cc1)N1CCN(C(=O)C2(O)CC2)CC1. The maximum Gasteiger partial charge on any atom is 0.254 e. The molecule has 2 fully saturated rings. The van der Waals surface area contributed by atoms with Crippen molar-refractivity contribution in [2.75, 3.05) is 26.2 Å². The molecule has 28 heavy (non-hydrogen) atoms. The molecule has 0 spiro atoms. The van der Waals surface area contributed by atoms with E-state index in [1.165, 1.54) is 10.3 Å². The number of hydrogen-bond donors (Lipinski definition) is 2. The summed E-state index contributed by atoms with van der Waals surface area (Å²) in [5, 5.41) is 11.2. The number of benzene rings is 1. The molecule has 3 aromatic rings. The predicted octanol–water partition coefficient (Wildman–Crippen LogP) is 2.71. The summed E-state index contributed by atoms with van der Waals surface area (Å²) >= 11 is 1.70. The Kier molecular flexibility index (Phi) is 4.03. The number of aliphatic hydroxyl groups is 1. The van der Waals surface area contributed by atoms with Gasteiger partial charge in [0.05, 0.1) is 0 Å². The molecule has 3 heterocycles. The quantitative estimate of drug-likeness (QED) is 0.716. The average Bonchev–Trinajstić information content (AvgIpc) is 3.13. The number of H-pyrrole nitrogens is 1. The first-order chi connectivity index (χ1) is 13.5. The Morgan fingerprint density at radius 2 is 1.68 bits per heavy atom. The van der Waals surface area contributed by atoms with E-state index in [4.69, 9.17) is 0 Å². The van der Waals surface area contributed by atoms with Gasteiger partial charge in [-0.1, -0.05) is 12.1 Å². The molecule has 0 unspecified atom stereocenters. The monoisotopic (exact) mass is 395 g/mol. The lowest BCUT2D eigenvalue weighted by molar-refractivity contribution is -0.143. The summed E-state index contributed by atoms with van der Waals surface area (Å²) in [5.74, 6) is -0.196. The van der Waals surface area contributed by atoms with Crippen molar-refractivity contribution in [2.24, 2.45) is 0 Å². The highest BCUT2D eigenvalue weighted by atomic mass is 32.1. The molecule has 2 aliphatic rings. The van der Waals surface area contributed by atoms with Gasteiger partial charge in [-0.25, -0.2) is 0 Å². The smallest absolute Gasteiger partial charge is 0.254 e. The van der Waals surface area contributed by atoms with E-state index in [9.17, 15) is 14.7 Å².